The molecule has 0 radical (unpaired) electrons. The maximum absolute atomic E-state index is 14.1. The first-order valence-corrected chi connectivity index (χ1v) is 8.40. The molecule has 24 heavy (non-hydrogen) atoms. The summed E-state index contributed by atoms with van der Waals surface area (Å²) in [5.74, 6) is 0.107. The van der Waals surface area contributed by atoms with Gasteiger partial charge in [0.25, 0.3) is 5.91 Å². The predicted molar refractivity (Wildman–Crippen MR) is 91.6 cm³/mol. The van der Waals surface area contributed by atoms with Crippen LogP contribution in [0, 0.1) is 5.82 Å². The van der Waals surface area contributed by atoms with Crippen molar-refractivity contribution in [2.45, 2.75) is 31.7 Å². The van der Waals surface area contributed by atoms with Gasteiger partial charge in [0.1, 0.15) is 11.6 Å². The van der Waals surface area contributed by atoms with Crippen molar-refractivity contribution in [3.63, 3.8) is 0 Å². The molecule has 1 atom stereocenters. The van der Waals surface area contributed by atoms with E-state index in [2.05, 4.69) is 0 Å². The van der Waals surface area contributed by atoms with Gasteiger partial charge in [-0.15, -0.1) is 0 Å². The van der Waals surface area contributed by atoms with E-state index in [0.717, 1.165) is 37.0 Å². The summed E-state index contributed by atoms with van der Waals surface area (Å²) in [4.78, 5) is 14.8. The number of carbonyl (C=O) groups is 1. The van der Waals surface area contributed by atoms with Crippen LogP contribution < -0.4 is 4.74 Å². The highest BCUT2D eigenvalue weighted by Crippen LogP contribution is 2.32. The smallest absolute Gasteiger partial charge is 0.257 e. The van der Waals surface area contributed by atoms with E-state index in [0.29, 0.717) is 6.54 Å². The van der Waals surface area contributed by atoms with Crippen LogP contribution in [0.1, 0.15) is 47.6 Å². The molecule has 2 aromatic carbocycles. The van der Waals surface area contributed by atoms with E-state index in [1.54, 1.807) is 25.3 Å². The van der Waals surface area contributed by atoms with Gasteiger partial charge >= 0.3 is 0 Å². The van der Waals surface area contributed by atoms with Crippen LogP contribution in [0.5, 0.6) is 5.75 Å². The molecule has 0 saturated carbocycles. The highest BCUT2D eigenvalue weighted by molar-refractivity contribution is 5.94. The Morgan fingerprint density at radius 1 is 1.08 bits per heavy atom. The van der Waals surface area contributed by atoms with E-state index < -0.39 is 5.82 Å². The first-order chi connectivity index (χ1) is 11.7. The van der Waals surface area contributed by atoms with Crippen molar-refractivity contribution in [3.8, 4) is 5.75 Å². The summed E-state index contributed by atoms with van der Waals surface area (Å²) in [6, 6.07) is 14.0. The summed E-state index contributed by atoms with van der Waals surface area (Å²) in [6.07, 6.45) is 4.00. The second-order valence-electron chi connectivity index (χ2n) is 6.12. The Morgan fingerprint density at radius 2 is 1.83 bits per heavy atom. The molecular weight excluding hydrogens is 305 g/mol. The van der Waals surface area contributed by atoms with Gasteiger partial charge in [-0.3, -0.25) is 4.79 Å². The molecule has 3 rings (SSSR count). The van der Waals surface area contributed by atoms with E-state index in [1.165, 1.54) is 6.07 Å². The van der Waals surface area contributed by atoms with Crippen molar-refractivity contribution >= 4 is 5.91 Å². The Morgan fingerprint density at radius 3 is 2.54 bits per heavy atom. The molecule has 1 heterocycles. The summed E-state index contributed by atoms with van der Waals surface area (Å²) < 4.78 is 19.3. The normalized spacial score (nSPS) is 18.1. The molecule has 2 aromatic rings. The molecule has 126 valence electrons. The van der Waals surface area contributed by atoms with Crippen molar-refractivity contribution < 1.29 is 13.9 Å². The molecule has 1 fully saturated rings. The van der Waals surface area contributed by atoms with Gasteiger partial charge in [0.2, 0.25) is 0 Å². The van der Waals surface area contributed by atoms with E-state index in [1.807, 2.05) is 29.2 Å². The number of nitrogens with zero attached hydrogens (tertiary/aromatic N) is 1. The van der Waals surface area contributed by atoms with Crippen LogP contribution in [-0.2, 0) is 0 Å². The number of carbonyl (C=O) groups excluding carboxylic acids is 1. The molecule has 1 amide bonds. The minimum atomic E-state index is -0.458. The average Bonchev–Trinajstić information content (AvgIpc) is 2.87. The molecule has 0 N–H and O–H groups in total. The molecule has 1 saturated heterocycles. The standard InChI is InChI=1S/C20H22FNO2/c1-24-16-12-10-15(11-13-16)19-9-3-2-6-14-22(19)20(23)17-7-4-5-8-18(17)21/h4-5,7-8,10-13,19H,2-3,6,9,14H2,1H3. The number of halogens is 1. The quantitative estimate of drug-likeness (QED) is 0.825. The zero-order valence-corrected chi connectivity index (χ0v) is 13.9. The zero-order valence-electron chi connectivity index (χ0n) is 13.9. The number of hydrogen-bond acceptors (Lipinski definition) is 2. The van der Waals surface area contributed by atoms with Crippen LogP contribution in [0.4, 0.5) is 4.39 Å². The summed E-state index contributed by atoms with van der Waals surface area (Å²) in [5.41, 5.74) is 1.22. The third-order valence-electron chi connectivity index (χ3n) is 4.62. The molecule has 0 spiro atoms. The Labute approximate surface area is 142 Å². The maximum Gasteiger partial charge on any atom is 0.257 e. The van der Waals surface area contributed by atoms with Gasteiger partial charge in [0.05, 0.1) is 18.7 Å². The van der Waals surface area contributed by atoms with Crippen molar-refractivity contribution in [3.05, 3.63) is 65.5 Å². The number of benzene rings is 2. The van der Waals surface area contributed by atoms with E-state index in [4.69, 9.17) is 4.74 Å². The first kappa shape index (κ1) is 16.5. The van der Waals surface area contributed by atoms with Gasteiger partial charge in [-0.05, 0) is 42.7 Å². The van der Waals surface area contributed by atoms with Crippen LogP contribution in [0.15, 0.2) is 48.5 Å². The van der Waals surface area contributed by atoms with Crippen LogP contribution in [0.25, 0.3) is 0 Å². The van der Waals surface area contributed by atoms with Crippen molar-refractivity contribution in [2.24, 2.45) is 0 Å². The Bertz CT molecular complexity index is 699. The second kappa shape index (κ2) is 7.47. The lowest BCUT2D eigenvalue weighted by atomic mass is 10.00. The third kappa shape index (κ3) is 3.42. The van der Waals surface area contributed by atoms with Crippen LogP contribution in [0.3, 0.4) is 0 Å². The summed E-state index contributed by atoms with van der Waals surface area (Å²) in [7, 11) is 1.63. The number of methoxy groups -OCH3 is 1. The number of hydrogen-bond donors (Lipinski definition) is 0. The molecular formula is C20H22FNO2. The number of likely N-dealkylation sites (tertiary alicyclic amines) is 1. The first-order valence-electron chi connectivity index (χ1n) is 8.40. The lowest BCUT2D eigenvalue weighted by molar-refractivity contribution is 0.0676. The fraction of sp³-hybridized carbons (Fsp3) is 0.350. The van der Waals surface area contributed by atoms with Gasteiger partial charge < -0.3 is 9.64 Å². The minimum absolute atomic E-state index is 0.0227. The molecule has 3 nitrogen and oxygen atoms in total. The lowest BCUT2D eigenvalue weighted by Gasteiger charge is -2.31. The maximum atomic E-state index is 14.1. The number of amides is 1. The molecule has 4 heteroatoms. The zero-order chi connectivity index (χ0) is 16.9. The lowest BCUT2D eigenvalue weighted by Crippen LogP contribution is -2.35. The molecule has 0 aliphatic carbocycles. The predicted octanol–water partition coefficient (Wildman–Crippen LogP) is 4.59. The van der Waals surface area contributed by atoms with Gasteiger partial charge in [-0.2, -0.15) is 0 Å². The number of rotatable bonds is 3. The minimum Gasteiger partial charge on any atom is -0.497 e. The van der Waals surface area contributed by atoms with E-state index >= 15 is 0 Å². The third-order valence-corrected chi connectivity index (χ3v) is 4.62. The summed E-state index contributed by atoms with van der Waals surface area (Å²) in [6.45, 7) is 0.657. The van der Waals surface area contributed by atoms with E-state index in [9.17, 15) is 9.18 Å². The van der Waals surface area contributed by atoms with Gasteiger partial charge in [-0.1, -0.05) is 37.1 Å². The summed E-state index contributed by atoms with van der Waals surface area (Å²) >= 11 is 0. The van der Waals surface area contributed by atoms with E-state index in [-0.39, 0.29) is 17.5 Å². The van der Waals surface area contributed by atoms with Gasteiger partial charge in [0, 0.05) is 6.54 Å². The summed E-state index contributed by atoms with van der Waals surface area (Å²) in [5, 5.41) is 0. The van der Waals surface area contributed by atoms with Crippen molar-refractivity contribution in [1.82, 2.24) is 4.90 Å². The molecule has 1 aliphatic rings. The average molecular weight is 327 g/mol. The second-order valence-corrected chi connectivity index (χ2v) is 6.12. The van der Waals surface area contributed by atoms with Crippen LogP contribution in [-0.4, -0.2) is 24.5 Å². The number of ether oxygens (including phenoxy) is 1. The topological polar surface area (TPSA) is 29.5 Å². The fourth-order valence-corrected chi connectivity index (χ4v) is 3.31. The highest BCUT2D eigenvalue weighted by Gasteiger charge is 2.28. The molecule has 1 aliphatic heterocycles. The fourth-order valence-electron chi connectivity index (χ4n) is 3.31. The largest absolute Gasteiger partial charge is 0.497 e. The molecule has 0 aromatic heterocycles. The van der Waals surface area contributed by atoms with Crippen LogP contribution in [0.2, 0.25) is 0 Å². The van der Waals surface area contributed by atoms with Gasteiger partial charge in [-0.25, -0.2) is 4.39 Å². The highest BCUT2D eigenvalue weighted by atomic mass is 19.1. The van der Waals surface area contributed by atoms with Gasteiger partial charge in [0.15, 0.2) is 0 Å². The SMILES string of the molecule is COc1ccc(C2CCCCCN2C(=O)c2ccccc2F)cc1. The Balaban J connectivity index is 1.92. The van der Waals surface area contributed by atoms with Crippen LogP contribution >= 0.6 is 0 Å². The molecule has 0 bridgehead atoms. The molecule has 1 unspecified atom stereocenters. The Hall–Kier alpha value is -2.36. The van der Waals surface area contributed by atoms with Crippen molar-refractivity contribution in [2.75, 3.05) is 13.7 Å². The monoisotopic (exact) mass is 327 g/mol. The van der Waals surface area contributed by atoms with Crippen molar-refractivity contribution in [1.29, 1.82) is 0 Å². The Kier molecular flexibility index (Phi) is 5.14.